The second kappa shape index (κ2) is 7.44. The highest BCUT2D eigenvalue weighted by molar-refractivity contribution is 7.88. The number of hydrogen-bond acceptors (Lipinski definition) is 4. The minimum atomic E-state index is -3.18. The third-order valence-corrected chi connectivity index (χ3v) is 3.06. The lowest BCUT2D eigenvalue weighted by Gasteiger charge is -2.07. The van der Waals surface area contributed by atoms with E-state index in [2.05, 4.69) is 15.4 Å². The maximum absolute atomic E-state index is 11.5. The van der Waals surface area contributed by atoms with Crippen LogP contribution in [0.25, 0.3) is 0 Å². The normalized spacial score (nSPS) is 11.3. The molecule has 0 bridgehead atoms. The Morgan fingerprint density at radius 2 is 1.84 bits per heavy atom. The first-order valence-electron chi connectivity index (χ1n) is 5.57. The van der Waals surface area contributed by atoms with Gasteiger partial charge in [-0.05, 0) is 24.3 Å². The fourth-order valence-electron chi connectivity index (χ4n) is 1.27. The average Bonchev–Trinajstić information content (AvgIpc) is 2.30. The van der Waals surface area contributed by atoms with Crippen LogP contribution in [0, 0.1) is 0 Å². The van der Waals surface area contributed by atoms with Crippen molar-refractivity contribution < 1.29 is 13.2 Å². The summed E-state index contributed by atoms with van der Waals surface area (Å²) in [6, 6.07) is 6.76. The van der Waals surface area contributed by atoms with Crippen LogP contribution >= 0.6 is 11.6 Å². The number of sulfonamides is 1. The molecule has 0 unspecified atom stereocenters. The fraction of sp³-hybridized carbons (Fsp3) is 0.364. The molecule has 0 spiro atoms. The molecular weight excluding hydrogens is 290 g/mol. The van der Waals surface area contributed by atoms with Crippen molar-refractivity contribution in [1.82, 2.24) is 10.0 Å². The molecule has 1 aromatic rings. The molecule has 3 N–H and O–H groups in total. The van der Waals surface area contributed by atoms with Crippen LogP contribution in [0.4, 0.5) is 5.69 Å². The molecular formula is C11H16ClN3O3S. The zero-order valence-electron chi connectivity index (χ0n) is 10.4. The Hall–Kier alpha value is -1.15. The zero-order valence-corrected chi connectivity index (χ0v) is 12.0. The van der Waals surface area contributed by atoms with Crippen molar-refractivity contribution in [3.63, 3.8) is 0 Å². The van der Waals surface area contributed by atoms with Gasteiger partial charge in [-0.2, -0.15) is 0 Å². The van der Waals surface area contributed by atoms with Crippen LogP contribution in [0.3, 0.4) is 0 Å². The van der Waals surface area contributed by atoms with Gasteiger partial charge in [0.05, 0.1) is 12.8 Å². The van der Waals surface area contributed by atoms with Crippen molar-refractivity contribution >= 4 is 33.2 Å². The van der Waals surface area contributed by atoms with E-state index >= 15 is 0 Å². The van der Waals surface area contributed by atoms with Gasteiger partial charge in [0.25, 0.3) is 0 Å². The van der Waals surface area contributed by atoms with Gasteiger partial charge in [0, 0.05) is 23.8 Å². The van der Waals surface area contributed by atoms with Crippen LogP contribution in [0.2, 0.25) is 5.02 Å². The lowest BCUT2D eigenvalue weighted by atomic mass is 10.3. The topological polar surface area (TPSA) is 87.3 Å². The Labute approximate surface area is 117 Å². The Balaban J connectivity index is 2.20. The van der Waals surface area contributed by atoms with E-state index in [4.69, 9.17) is 11.6 Å². The Morgan fingerprint density at radius 1 is 1.21 bits per heavy atom. The van der Waals surface area contributed by atoms with E-state index in [9.17, 15) is 13.2 Å². The monoisotopic (exact) mass is 305 g/mol. The molecule has 0 aliphatic carbocycles. The van der Waals surface area contributed by atoms with Crippen LogP contribution < -0.4 is 15.4 Å². The number of anilines is 1. The van der Waals surface area contributed by atoms with Crippen LogP contribution in [0.5, 0.6) is 0 Å². The minimum Gasteiger partial charge on any atom is -0.325 e. The lowest BCUT2D eigenvalue weighted by Crippen LogP contribution is -2.35. The van der Waals surface area contributed by atoms with E-state index in [1.54, 1.807) is 24.3 Å². The molecule has 0 radical (unpaired) electrons. The highest BCUT2D eigenvalue weighted by Crippen LogP contribution is 2.12. The predicted molar refractivity (Wildman–Crippen MR) is 75.8 cm³/mol. The molecule has 0 aromatic heterocycles. The van der Waals surface area contributed by atoms with Gasteiger partial charge in [-0.1, -0.05) is 11.6 Å². The number of amides is 1. The van der Waals surface area contributed by atoms with Gasteiger partial charge >= 0.3 is 0 Å². The van der Waals surface area contributed by atoms with Crippen LogP contribution in [-0.2, 0) is 14.8 Å². The first-order chi connectivity index (χ1) is 8.87. The number of halogens is 1. The highest BCUT2D eigenvalue weighted by atomic mass is 35.5. The van der Waals surface area contributed by atoms with E-state index < -0.39 is 10.0 Å². The molecule has 0 heterocycles. The Kier molecular flexibility index (Phi) is 6.23. The second-order valence-corrected chi connectivity index (χ2v) is 6.17. The van der Waals surface area contributed by atoms with Gasteiger partial charge in [0.15, 0.2) is 0 Å². The van der Waals surface area contributed by atoms with Crippen LogP contribution in [0.1, 0.15) is 0 Å². The quantitative estimate of drug-likeness (QED) is 0.637. The molecule has 0 aliphatic heterocycles. The molecule has 1 amide bonds. The van der Waals surface area contributed by atoms with Crippen molar-refractivity contribution in [3.05, 3.63) is 29.3 Å². The van der Waals surface area contributed by atoms with E-state index in [-0.39, 0.29) is 19.0 Å². The molecule has 0 saturated heterocycles. The summed E-state index contributed by atoms with van der Waals surface area (Å²) in [5.41, 5.74) is 0.658. The summed E-state index contributed by atoms with van der Waals surface area (Å²) in [5, 5.41) is 6.10. The molecule has 0 aliphatic rings. The average molecular weight is 306 g/mol. The number of benzene rings is 1. The van der Waals surface area contributed by atoms with Crippen LogP contribution in [-0.4, -0.2) is 40.2 Å². The summed E-state index contributed by atoms with van der Waals surface area (Å²) in [4.78, 5) is 11.5. The molecule has 0 saturated carbocycles. The smallest absolute Gasteiger partial charge is 0.238 e. The number of carbonyl (C=O) groups excluding carboxylic acids is 1. The molecule has 0 fully saturated rings. The van der Waals surface area contributed by atoms with Crippen molar-refractivity contribution in [2.75, 3.05) is 31.2 Å². The van der Waals surface area contributed by atoms with Crippen molar-refractivity contribution in [2.24, 2.45) is 0 Å². The molecule has 8 heteroatoms. The molecule has 1 rings (SSSR count). The third kappa shape index (κ3) is 7.78. The molecule has 106 valence electrons. The molecule has 0 atom stereocenters. The Morgan fingerprint density at radius 3 is 2.42 bits per heavy atom. The summed E-state index contributed by atoms with van der Waals surface area (Å²) in [6.07, 6.45) is 1.08. The number of rotatable bonds is 7. The number of carbonyl (C=O) groups is 1. The largest absolute Gasteiger partial charge is 0.325 e. The first kappa shape index (κ1) is 15.9. The highest BCUT2D eigenvalue weighted by Gasteiger charge is 2.02. The second-order valence-electron chi connectivity index (χ2n) is 3.90. The van der Waals surface area contributed by atoms with Crippen molar-refractivity contribution in [2.45, 2.75) is 0 Å². The van der Waals surface area contributed by atoms with Gasteiger partial charge in [-0.3, -0.25) is 4.79 Å². The summed E-state index contributed by atoms with van der Waals surface area (Å²) in [6.45, 7) is 0.724. The van der Waals surface area contributed by atoms with E-state index in [0.29, 0.717) is 17.3 Å². The molecule has 1 aromatic carbocycles. The first-order valence-corrected chi connectivity index (χ1v) is 7.84. The minimum absolute atomic E-state index is 0.105. The van der Waals surface area contributed by atoms with Gasteiger partial charge < -0.3 is 10.6 Å². The number of hydrogen-bond donors (Lipinski definition) is 3. The maximum Gasteiger partial charge on any atom is 0.238 e. The summed E-state index contributed by atoms with van der Waals surface area (Å²) < 4.78 is 23.9. The van der Waals surface area contributed by atoms with E-state index in [1.807, 2.05) is 0 Å². The molecule has 19 heavy (non-hydrogen) atoms. The third-order valence-electron chi connectivity index (χ3n) is 2.08. The van der Waals surface area contributed by atoms with Gasteiger partial charge in [0.1, 0.15) is 0 Å². The van der Waals surface area contributed by atoms with Gasteiger partial charge in [-0.25, -0.2) is 13.1 Å². The summed E-state index contributed by atoms with van der Waals surface area (Å²) in [5.74, 6) is -0.207. The molecule has 6 nitrogen and oxygen atoms in total. The lowest BCUT2D eigenvalue weighted by molar-refractivity contribution is -0.115. The van der Waals surface area contributed by atoms with Crippen LogP contribution in [0.15, 0.2) is 24.3 Å². The summed E-state index contributed by atoms with van der Waals surface area (Å²) in [7, 11) is -3.18. The number of nitrogens with one attached hydrogen (secondary N) is 3. The van der Waals surface area contributed by atoms with Crippen molar-refractivity contribution in [1.29, 1.82) is 0 Å². The SMILES string of the molecule is CS(=O)(=O)NCCNCC(=O)Nc1ccc(Cl)cc1. The maximum atomic E-state index is 11.5. The van der Waals surface area contributed by atoms with E-state index in [0.717, 1.165) is 6.26 Å². The van der Waals surface area contributed by atoms with Gasteiger partial charge in [0.2, 0.25) is 15.9 Å². The predicted octanol–water partition coefficient (Wildman–Crippen LogP) is 0.417. The summed E-state index contributed by atoms with van der Waals surface area (Å²) >= 11 is 5.72. The standard InChI is InChI=1S/C11H16ClN3O3S/c1-19(17,18)14-7-6-13-8-11(16)15-10-4-2-9(12)3-5-10/h2-5,13-14H,6-8H2,1H3,(H,15,16). The Bertz CT molecular complexity index is 516. The van der Waals surface area contributed by atoms with Gasteiger partial charge in [-0.15, -0.1) is 0 Å². The zero-order chi connectivity index (χ0) is 14.3. The fourth-order valence-corrected chi connectivity index (χ4v) is 1.86. The van der Waals surface area contributed by atoms with Crippen molar-refractivity contribution in [3.8, 4) is 0 Å². The van der Waals surface area contributed by atoms with E-state index in [1.165, 1.54) is 0 Å².